The van der Waals surface area contributed by atoms with Crippen LogP contribution in [0.2, 0.25) is 25.7 Å². The molecule has 0 aliphatic carbocycles. The zero-order valence-electron chi connectivity index (χ0n) is 21.6. The molecule has 0 saturated carbocycles. The Balaban J connectivity index is 1.43. The van der Waals surface area contributed by atoms with E-state index in [1.54, 1.807) is 12.1 Å². The summed E-state index contributed by atoms with van der Waals surface area (Å²) in [5.41, 5.74) is 2.96. The Morgan fingerprint density at radius 3 is 2.68 bits per heavy atom. The fraction of sp³-hybridized carbons (Fsp3) is 0.250. The molecule has 1 aromatic heterocycles. The molecule has 195 valence electrons. The number of hydrogen-bond donors (Lipinski definition) is 0. The van der Waals surface area contributed by atoms with Gasteiger partial charge in [-0.15, -0.1) is 0 Å². The SMILES string of the molecule is C[Si](C)(C)CCOCn1nc(C=Cc2ccc3c(c2)OCO3)c2ccc([As]c3cccc([N+](=O)[O-])c3)cc21. The first kappa shape index (κ1) is 26.2. The summed E-state index contributed by atoms with van der Waals surface area (Å²) in [6, 6.07) is 20.2. The van der Waals surface area contributed by atoms with Crippen molar-refractivity contribution in [1.29, 1.82) is 0 Å². The third-order valence-electron chi connectivity index (χ3n) is 6.10. The molecule has 0 saturated heterocycles. The first-order chi connectivity index (χ1) is 18.2. The van der Waals surface area contributed by atoms with Gasteiger partial charge in [0.2, 0.25) is 0 Å². The van der Waals surface area contributed by atoms with E-state index in [1.165, 1.54) is 6.07 Å². The molecular formula is C28H29AsN3O5Si. The van der Waals surface area contributed by atoms with Crippen LogP contribution in [0.4, 0.5) is 5.69 Å². The van der Waals surface area contributed by atoms with Crippen LogP contribution < -0.4 is 18.2 Å². The summed E-state index contributed by atoms with van der Waals surface area (Å²) in [6.45, 7) is 8.33. The molecule has 1 radical (unpaired) electrons. The summed E-state index contributed by atoms with van der Waals surface area (Å²) in [6.07, 6.45) is 4.02. The fourth-order valence-corrected chi connectivity index (χ4v) is 6.86. The Morgan fingerprint density at radius 1 is 1.05 bits per heavy atom. The monoisotopic (exact) mass is 590 g/mol. The van der Waals surface area contributed by atoms with E-state index in [-0.39, 0.29) is 17.4 Å². The Kier molecular flexibility index (Phi) is 7.69. The van der Waals surface area contributed by atoms with Crippen LogP contribution >= 0.6 is 0 Å². The molecule has 0 fully saturated rings. The van der Waals surface area contributed by atoms with Gasteiger partial charge in [-0.05, 0) is 0 Å². The average Bonchev–Trinajstić information content (AvgIpc) is 3.49. The molecule has 3 aromatic carbocycles. The van der Waals surface area contributed by atoms with Gasteiger partial charge in [0.15, 0.2) is 0 Å². The molecule has 5 rings (SSSR count). The van der Waals surface area contributed by atoms with Crippen molar-refractivity contribution < 1.29 is 19.1 Å². The van der Waals surface area contributed by atoms with Gasteiger partial charge in [0, 0.05) is 0 Å². The molecule has 4 aromatic rings. The number of benzene rings is 3. The van der Waals surface area contributed by atoms with Crippen molar-refractivity contribution in [2.75, 3.05) is 13.4 Å². The summed E-state index contributed by atoms with van der Waals surface area (Å²) in [5, 5.41) is 17.1. The van der Waals surface area contributed by atoms with Gasteiger partial charge in [-0.1, -0.05) is 0 Å². The number of nitro benzene ring substituents is 1. The van der Waals surface area contributed by atoms with E-state index < -0.39 is 23.8 Å². The summed E-state index contributed by atoms with van der Waals surface area (Å²) in [5.74, 6) is 1.50. The topological polar surface area (TPSA) is 88.7 Å². The zero-order valence-corrected chi connectivity index (χ0v) is 24.5. The molecule has 10 heteroatoms. The average molecular weight is 591 g/mol. The van der Waals surface area contributed by atoms with Crippen LogP contribution in [0.25, 0.3) is 23.1 Å². The number of rotatable bonds is 10. The summed E-state index contributed by atoms with van der Waals surface area (Å²) in [4.78, 5) is 10.9. The van der Waals surface area contributed by atoms with Gasteiger partial charge < -0.3 is 0 Å². The molecule has 0 N–H and O–H groups in total. The van der Waals surface area contributed by atoms with Gasteiger partial charge in [0.1, 0.15) is 0 Å². The first-order valence-electron chi connectivity index (χ1n) is 12.4. The molecule has 8 nitrogen and oxygen atoms in total. The quantitative estimate of drug-likeness (QED) is 0.114. The number of ether oxygens (including phenoxy) is 3. The van der Waals surface area contributed by atoms with Crippen molar-refractivity contribution in [3.05, 3.63) is 82.0 Å². The molecule has 1 aliphatic heterocycles. The van der Waals surface area contributed by atoms with E-state index in [0.717, 1.165) is 48.4 Å². The zero-order chi connectivity index (χ0) is 26.7. The predicted octanol–water partition coefficient (Wildman–Crippen LogP) is 4.81. The van der Waals surface area contributed by atoms with Gasteiger partial charge in [-0.3, -0.25) is 0 Å². The van der Waals surface area contributed by atoms with Crippen molar-refractivity contribution in [2.24, 2.45) is 0 Å². The standard InChI is InChI=1S/C28H29AsN3O5Si/c1-38(2,3)14-13-35-18-31-26-17-22(29-21-5-4-6-23(16-21)32(33)34)9-10-24(26)25(30-31)11-7-20-8-12-27-28(15-20)37-19-36-27/h4-12,15-17H,13-14,18-19H2,1-3H3. The summed E-state index contributed by atoms with van der Waals surface area (Å²) in [7, 11) is -1.20. The summed E-state index contributed by atoms with van der Waals surface area (Å²) >= 11 is -0.423. The second-order valence-corrected chi connectivity index (χ2v) is 18.5. The Morgan fingerprint density at radius 2 is 1.87 bits per heavy atom. The maximum absolute atomic E-state index is 11.2. The number of nitrogens with zero attached hydrogens (tertiary/aromatic N) is 3. The van der Waals surface area contributed by atoms with Crippen LogP contribution in [0.1, 0.15) is 11.3 Å². The van der Waals surface area contributed by atoms with Crippen LogP contribution in [-0.2, 0) is 11.5 Å². The van der Waals surface area contributed by atoms with E-state index >= 15 is 0 Å². The maximum atomic E-state index is 11.2. The van der Waals surface area contributed by atoms with Crippen molar-refractivity contribution in [3.63, 3.8) is 0 Å². The van der Waals surface area contributed by atoms with E-state index in [0.29, 0.717) is 13.3 Å². The second kappa shape index (κ2) is 11.1. The van der Waals surface area contributed by atoms with Crippen molar-refractivity contribution in [1.82, 2.24) is 9.78 Å². The minimum atomic E-state index is -1.20. The van der Waals surface area contributed by atoms with Crippen LogP contribution in [0.3, 0.4) is 0 Å². The van der Waals surface area contributed by atoms with E-state index in [1.807, 2.05) is 41.1 Å². The van der Waals surface area contributed by atoms with Gasteiger partial charge in [0.25, 0.3) is 0 Å². The fourth-order valence-electron chi connectivity index (χ4n) is 4.03. The number of aromatic nitrogens is 2. The van der Waals surface area contributed by atoms with E-state index in [2.05, 4.69) is 37.8 Å². The predicted molar refractivity (Wildman–Crippen MR) is 153 cm³/mol. The van der Waals surface area contributed by atoms with Crippen LogP contribution in [0.15, 0.2) is 60.7 Å². The number of non-ortho nitro benzene ring substituents is 1. The minimum absolute atomic E-state index is 0.121. The van der Waals surface area contributed by atoms with Gasteiger partial charge >= 0.3 is 230 Å². The van der Waals surface area contributed by atoms with Crippen LogP contribution in [0.5, 0.6) is 11.5 Å². The number of nitro groups is 1. The van der Waals surface area contributed by atoms with E-state index in [4.69, 9.17) is 19.3 Å². The number of fused-ring (bicyclic) bond motifs is 2. The van der Waals surface area contributed by atoms with Gasteiger partial charge in [-0.25, -0.2) is 0 Å². The Hall–Kier alpha value is -3.39. The Bertz CT molecular complexity index is 1510. The van der Waals surface area contributed by atoms with Crippen LogP contribution in [0, 0.1) is 10.1 Å². The molecule has 0 bridgehead atoms. The molecule has 0 unspecified atom stereocenters. The molecule has 0 atom stereocenters. The Labute approximate surface area is 229 Å². The summed E-state index contributed by atoms with van der Waals surface area (Å²) < 4.78 is 21.0. The van der Waals surface area contributed by atoms with Crippen molar-refractivity contribution in [3.8, 4) is 11.5 Å². The van der Waals surface area contributed by atoms with Crippen molar-refractivity contribution >= 4 is 61.3 Å². The van der Waals surface area contributed by atoms with Crippen molar-refractivity contribution in [2.45, 2.75) is 32.4 Å². The second-order valence-electron chi connectivity index (χ2n) is 10.3. The molecule has 1 aliphatic rings. The number of hydrogen-bond acceptors (Lipinski definition) is 6. The molecular weight excluding hydrogens is 561 g/mol. The van der Waals surface area contributed by atoms with E-state index in [9.17, 15) is 10.1 Å². The third kappa shape index (κ3) is 6.35. The van der Waals surface area contributed by atoms with Crippen LogP contribution in [-0.4, -0.2) is 51.9 Å². The third-order valence-corrected chi connectivity index (χ3v) is 10.1. The van der Waals surface area contributed by atoms with Gasteiger partial charge in [0.05, 0.1) is 0 Å². The molecule has 0 amide bonds. The molecule has 38 heavy (non-hydrogen) atoms. The first-order valence-corrected chi connectivity index (χ1v) is 18.0. The normalized spacial score (nSPS) is 13.3. The van der Waals surface area contributed by atoms with Gasteiger partial charge in [-0.2, -0.15) is 0 Å². The molecule has 2 heterocycles. The molecule has 0 spiro atoms.